The molecule has 0 radical (unpaired) electrons. The predicted octanol–water partition coefficient (Wildman–Crippen LogP) is 3.66. The molecule has 0 spiro atoms. The van der Waals surface area contributed by atoms with Gasteiger partial charge in [0.25, 0.3) is 0 Å². The van der Waals surface area contributed by atoms with Crippen LogP contribution in [-0.4, -0.2) is 27.8 Å². The van der Waals surface area contributed by atoms with Crippen LogP contribution in [0.1, 0.15) is 50.6 Å². The molecule has 0 aliphatic rings. The maximum Gasteiger partial charge on any atom is 0.188 e. The summed E-state index contributed by atoms with van der Waals surface area (Å²) in [6.45, 7) is 13.9. The van der Waals surface area contributed by atoms with E-state index in [0.29, 0.717) is 11.3 Å². The summed E-state index contributed by atoms with van der Waals surface area (Å²) in [6.07, 6.45) is 2.46. The monoisotopic (exact) mass is 281 g/mol. The Labute approximate surface area is 122 Å². The second-order valence-corrected chi connectivity index (χ2v) is 6.73. The standard InChI is InChI=1S/C15H27N3S/c1-7-8-10(2)16-9-11(3)19-15-17-13(5)12(4)14(6)18-15/h10-11,16H,7-9H2,1-6H3. The zero-order chi connectivity index (χ0) is 14.4. The second kappa shape index (κ2) is 7.85. The highest BCUT2D eigenvalue weighted by molar-refractivity contribution is 7.99. The van der Waals surface area contributed by atoms with Crippen LogP contribution in [0.4, 0.5) is 0 Å². The third-order valence-electron chi connectivity index (χ3n) is 3.39. The lowest BCUT2D eigenvalue weighted by Gasteiger charge is -2.17. The van der Waals surface area contributed by atoms with Gasteiger partial charge < -0.3 is 5.32 Å². The van der Waals surface area contributed by atoms with E-state index in [-0.39, 0.29) is 0 Å². The Morgan fingerprint density at radius 2 is 1.68 bits per heavy atom. The number of nitrogens with one attached hydrogen (secondary N) is 1. The number of hydrogen-bond acceptors (Lipinski definition) is 4. The summed E-state index contributed by atoms with van der Waals surface area (Å²) in [5.41, 5.74) is 3.38. The number of nitrogens with zero attached hydrogens (tertiary/aromatic N) is 2. The van der Waals surface area contributed by atoms with Crippen LogP contribution in [-0.2, 0) is 0 Å². The molecule has 108 valence electrons. The van der Waals surface area contributed by atoms with Gasteiger partial charge in [0.05, 0.1) is 0 Å². The van der Waals surface area contributed by atoms with E-state index in [4.69, 9.17) is 0 Å². The first kappa shape index (κ1) is 16.4. The lowest BCUT2D eigenvalue weighted by Crippen LogP contribution is -2.31. The molecule has 4 heteroatoms. The summed E-state index contributed by atoms with van der Waals surface area (Å²) >= 11 is 1.76. The predicted molar refractivity (Wildman–Crippen MR) is 83.9 cm³/mol. The summed E-state index contributed by atoms with van der Waals surface area (Å²) < 4.78 is 0. The largest absolute Gasteiger partial charge is 0.313 e. The highest BCUT2D eigenvalue weighted by Crippen LogP contribution is 2.21. The highest BCUT2D eigenvalue weighted by atomic mass is 32.2. The fourth-order valence-corrected chi connectivity index (χ4v) is 2.84. The van der Waals surface area contributed by atoms with Gasteiger partial charge in [-0.15, -0.1) is 0 Å². The van der Waals surface area contributed by atoms with E-state index in [2.05, 4.69) is 56.8 Å². The van der Waals surface area contributed by atoms with Crippen molar-refractivity contribution in [3.8, 4) is 0 Å². The first-order valence-electron chi connectivity index (χ1n) is 7.15. The van der Waals surface area contributed by atoms with Crippen LogP contribution in [0.15, 0.2) is 5.16 Å². The first-order chi connectivity index (χ1) is 8.93. The van der Waals surface area contributed by atoms with Crippen molar-refractivity contribution in [3.05, 3.63) is 17.0 Å². The third-order valence-corrected chi connectivity index (χ3v) is 4.36. The molecular weight excluding hydrogens is 254 g/mol. The van der Waals surface area contributed by atoms with Gasteiger partial charge in [0, 0.05) is 29.2 Å². The van der Waals surface area contributed by atoms with E-state index in [1.807, 2.05) is 0 Å². The smallest absolute Gasteiger partial charge is 0.188 e. The van der Waals surface area contributed by atoms with E-state index in [1.165, 1.54) is 18.4 Å². The molecule has 2 unspecified atom stereocenters. The van der Waals surface area contributed by atoms with Gasteiger partial charge in [-0.3, -0.25) is 0 Å². The normalized spacial score (nSPS) is 14.4. The molecule has 0 aliphatic heterocycles. The molecule has 1 N–H and O–H groups in total. The molecule has 0 aliphatic carbocycles. The minimum atomic E-state index is 0.487. The van der Waals surface area contributed by atoms with Gasteiger partial charge in [0.15, 0.2) is 5.16 Å². The number of aromatic nitrogens is 2. The van der Waals surface area contributed by atoms with Gasteiger partial charge in [-0.1, -0.05) is 32.0 Å². The summed E-state index contributed by atoms with van der Waals surface area (Å²) in [7, 11) is 0. The van der Waals surface area contributed by atoms with Crippen molar-refractivity contribution in [2.45, 2.75) is 70.8 Å². The van der Waals surface area contributed by atoms with Gasteiger partial charge >= 0.3 is 0 Å². The first-order valence-corrected chi connectivity index (χ1v) is 8.03. The Balaban J connectivity index is 2.50. The Bertz CT molecular complexity index is 383. The Kier molecular flexibility index (Phi) is 6.80. The zero-order valence-corrected chi connectivity index (χ0v) is 13.9. The van der Waals surface area contributed by atoms with Crippen LogP contribution in [0.3, 0.4) is 0 Å². The van der Waals surface area contributed by atoms with Crippen molar-refractivity contribution in [1.82, 2.24) is 15.3 Å². The highest BCUT2D eigenvalue weighted by Gasteiger charge is 2.10. The fraction of sp³-hybridized carbons (Fsp3) is 0.733. The van der Waals surface area contributed by atoms with Crippen molar-refractivity contribution in [2.24, 2.45) is 0 Å². The van der Waals surface area contributed by atoms with Gasteiger partial charge in [-0.25, -0.2) is 9.97 Å². The summed E-state index contributed by atoms with van der Waals surface area (Å²) in [4.78, 5) is 9.12. The SMILES string of the molecule is CCCC(C)NCC(C)Sc1nc(C)c(C)c(C)n1. The zero-order valence-electron chi connectivity index (χ0n) is 13.1. The van der Waals surface area contributed by atoms with Gasteiger partial charge in [-0.05, 0) is 39.7 Å². The number of thioether (sulfide) groups is 1. The maximum atomic E-state index is 4.56. The fourth-order valence-electron chi connectivity index (χ4n) is 1.92. The summed E-state index contributed by atoms with van der Waals surface area (Å²) in [5, 5.41) is 4.96. The van der Waals surface area contributed by atoms with E-state index in [9.17, 15) is 0 Å². The van der Waals surface area contributed by atoms with E-state index < -0.39 is 0 Å². The molecule has 3 nitrogen and oxygen atoms in total. The minimum absolute atomic E-state index is 0.487. The molecule has 0 saturated heterocycles. The summed E-state index contributed by atoms with van der Waals surface area (Å²) in [6, 6.07) is 0.593. The summed E-state index contributed by atoms with van der Waals surface area (Å²) in [5.74, 6) is 0. The Hall–Kier alpha value is -0.610. The second-order valence-electron chi connectivity index (χ2n) is 5.33. The van der Waals surface area contributed by atoms with Crippen molar-refractivity contribution in [2.75, 3.05) is 6.54 Å². The lowest BCUT2D eigenvalue weighted by atomic mass is 10.2. The minimum Gasteiger partial charge on any atom is -0.313 e. The molecule has 0 amide bonds. The third kappa shape index (κ3) is 5.49. The number of hydrogen-bond donors (Lipinski definition) is 1. The van der Waals surface area contributed by atoms with E-state index >= 15 is 0 Å². The molecule has 0 fully saturated rings. The van der Waals surface area contributed by atoms with Crippen LogP contribution >= 0.6 is 11.8 Å². The average molecular weight is 281 g/mol. The van der Waals surface area contributed by atoms with E-state index in [0.717, 1.165) is 23.1 Å². The number of aryl methyl sites for hydroxylation is 2. The van der Waals surface area contributed by atoms with Crippen LogP contribution in [0, 0.1) is 20.8 Å². The average Bonchev–Trinajstić information content (AvgIpc) is 2.34. The molecule has 0 saturated carbocycles. The van der Waals surface area contributed by atoms with Crippen molar-refractivity contribution in [3.63, 3.8) is 0 Å². The van der Waals surface area contributed by atoms with Crippen LogP contribution < -0.4 is 5.32 Å². The topological polar surface area (TPSA) is 37.8 Å². The van der Waals surface area contributed by atoms with Gasteiger partial charge in [-0.2, -0.15) is 0 Å². The molecule has 2 atom stereocenters. The lowest BCUT2D eigenvalue weighted by molar-refractivity contribution is 0.511. The van der Waals surface area contributed by atoms with Crippen LogP contribution in [0.5, 0.6) is 0 Å². The van der Waals surface area contributed by atoms with Crippen molar-refractivity contribution in [1.29, 1.82) is 0 Å². The molecule has 1 aromatic rings. The van der Waals surface area contributed by atoms with Crippen molar-refractivity contribution >= 4 is 11.8 Å². The Morgan fingerprint density at radius 1 is 1.11 bits per heavy atom. The molecule has 19 heavy (non-hydrogen) atoms. The quantitative estimate of drug-likeness (QED) is 0.611. The van der Waals surface area contributed by atoms with Crippen LogP contribution in [0.25, 0.3) is 0 Å². The van der Waals surface area contributed by atoms with Crippen LogP contribution in [0.2, 0.25) is 0 Å². The van der Waals surface area contributed by atoms with Gasteiger partial charge in [0.2, 0.25) is 0 Å². The van der Waals surface area contributed by atoms with E-state index in [1.54, 1.807) is 11.8 Å². The van der Waals surface area contributed by atoms with Gasteiger partial charge in [0.1, 0.15) is 0 Å². The molecule has 0 bridgehead atoms. The maximum absolute atomic E-state index is 4.56. The molecule has 1 aromatic heterocycles. The molecular formula is C15H27N3S. The molecule has 0 aromatic carbocycles. The van der Waals surface area contributed by atoms with Crippen molar-refractivity contribution < 1.29 is 0 Å². The number of rotatable bonds is 7. The Morgan fingerprint density at radius 3 is 2.21 bits per heavy atom. The molecule has 1 heterocycles. The molecule has 1 rings (SSSR count).